The number of nitrogens with zero attached hydrogens (tertiary/aromatic N) is 1. The number of benzene rings is 4. The van der Waals surface area contributed by atoms with Crippen LogP contribution in [0.2, 0.25) is 0 Å². The van der Waals surface area contributed by atoms with Crippen LogP contribution in [0, 0.1) is 5.92 Å². The van der Waals surface area contributed by atoms with Crippen molar-refractivity contribution in [2.75, 3.05) is 26.2 Å². The van der Waals surface area contributed by atoms with Gasteiger partial charge in [0.25, 0.3) is 0 Å². The van der Waals surface area contributed by atoms with Gasteiger partial charge in [-0.3, -0.25) is 9.59 Å². The van der Waals surface area contributed by atoms with Crippen LogP contribution in [0.25, 0.3) is 10.8 Å². The molecule has 2 amide bonds. The maximum absolute atomic E-state index is 14.0. The quantitative estimate of drug-likeness (QED) is 0.262. The fourth-order valence-corrected chi connectivity index (χ4v) is 5.95. The first-order valence-electron chi connectivity index (χ1n) is 14.9. The first kappa shape index (κ1) is 27.9. The largest absolute Gasteiger partial charge is 0.457 e. The number of hydrogen-bond acceptors (Lipinski definition) is 5. The summed E-state index contributed by atoms with van der Waals surface area (Å²) in [4.78, 5) is 29.3. The van der Waals surface area contributed by atoms with Gasteiger partial charge in [0.2, 0.25) is 11.8 Å². The molecular formula is C35H38N4O3. The Hall–Kier alpha value is -4.20. The summed E-state index contributed by atoms with van der Waals surface area (Å²) in [5, 5.41) is 12.2. The molecular weight excluding hydrogens is 524 g/mol. The van der Waals surface area contributed by atoms with Crippen LogP contribution in [0.5, 0.6) is 11.5 Å². The SMILES string of the molecule is O=C1N[C@@H](Cc2ccc3ccccc3c2)C(=O)N(Cc2ccc(Oc3ccccc3)cc2)[C@H]1CNCC1CCNCC1. The summed E-state index contributed by atoms with van der Waals surface area (Å²) in [7, 11) is 0. The summed E-state index contributed by atoms with van der Waals surface area (Å²) in [6, 6.07) is 30.6. The number of piperidine rings is 1. The Bertz CT molecular complexity index is 1500. The maximum atomic E-state index is 14.0. The molecule has 42 heavy (non-hydrogen) atoms. The predicted octanol–water partition coefficient (Wildman–Crippen LogP) is 4.66. The van der Waals surface area contributed by atoms with E-state index >= 15 is 0 Å². The molecule has 2 atom stereocenters. The highest BCUT2D eigenvalue weighted by Crippen LogP contribution is 2.24. The molecule has 0 unspecified atom stereocenters. The number of para-hydroxylation sites is 1. The van der Waals surface area contributed by atoms with Gasteiger partial charge in [-0.05, 0) is 84.6 Å². The topological polar surface area (TPSA) is 82.7 Å². The van der Waals surface area contributed by atoms with Crippen LogP contribution in [-0.4, -0.2) is 55.0 Å². The lowest BCUT2D eigenvalue weighted by Gasteiger charge is -2.39. The van der Waals surface area contributed by atoms with Crippen LogP contribution in [0.1, 0.15) is 24.0 Å². The Labute approximate surface area is 247 Å². The van der Waals surface area contributed by atoms with Gasteiger partial charge in [0, 0.05) is 19.5 Å². The minimum atomic E-state index is -0.611. The summed E-state index contributed by atoms with van der Waals surface area (Å²) in [5.41, 5.74) is 1.98. The van der Waals surface area contributed by atoms with Crippen LogP contribution in [0.15, 0.2) is 97.1 Å². The van der Waals surface area contributed by atoms with E-state index in [4.69, 9.17) is 4.74 Å². The summed E-state index contributed by atoms with van der Waals surface area (Å²) in [5.74, 6) is 1.91. The first-order chi connectivity index (χ1) is 20.6. The van der Waals surface area contributed by atoms with Crippen molar-refractivity contribution in [1.82, 2.24) is 20.9 Å². The molecule has 4 aromatic rings. The lowest BCUT2D eigenvalue weighted by atomic mass is 9.96. The molecule has 0 bridgehead atoms. The van der Waals surface area contributed by atoms with Gasteiger partial charge in [-0.1, -0.05) is 72.8 Å². The molecule has 0 radical (unpaired) electrons. The second-order valence-corrected chi connectivity index (χ2v) is 11.3. The number of rotatable bonds is 10. The first-order valence-corrected chi connectivity index (χ1v) is 14.9. The highest BCUT2D eigenvalue weighted by Gasteiger charge is 2.40. The van der Waals surface area contributed by atoms with E-state index in [9.17, 15) is 9.59 Å². The summed E-state index contributed by atoms with van der Waals surface area (Å²) >= 11 is 0. The number of nitrogens with one attached hydrogen (secondary N) is 3. The Kier molecular flexibility index (Phi) is 8.78. The third kappa shape index (κ3) is 6.81. The second kappa shape index (κ2) is 13.2. The average molecular weight is 563 g/mol. The molecule has 2 aliphatic heterocycles. The number of ether oxygens (including phenoxy) is 1. The van der Waals surface area contributed by atoms with E-state index in [1.807, 2.05) is 72.8 Å². The fraction of sp³-hybridized carbons (Fsp3) is 0.314. The van der Waals surface area contributed by atoms with Crippen LogP contribution >= 0.6 is 0 Å². The van der Waals surface area contributed by atoms with Gasteiger partial charge in [0.05, 0.1) is 0 Å². The number of piperazine rings is 1. The van der Waals surface area contributed by atoms with Crippen molar-refractivity contribution in [2.24, 2.45) is 5.92 Å². The summed E-state index contributed by atoms with van der Waals surface area (Å²) < 4.78 is 5.95. The third-order valence-electron chi connectivity index (χ3n) is 8.31. The van der Waals surface area contributed by atoms with Crippen LogP contribution in [0.4, 0.5) is 0 Å². The van der Waals surface area contributed by atoms with E-state index in [0.717, 1.165) is 65.9 Å². The Morgan fingerprint density at radius 2 is 1.45 bits per heavy atom. The van der Waals surface area contributed by atoms with E-state index < -0.39 is 12.1 Å². The molecule has 4 aromatic carbocycles. The molecule has 0 aliphatic carbocycles. The van der Waals surface area contributed by atoms with E-state index in [1.54, 1.807) is 4.90 Å². The average Bonchev–Trinajstić information content (AvgIpc) is 3.03. The molecule has 2 saturated heterocycles. The molecule has 216 valence electrons. The van der Waals surface area contributed by atoms with Gasteiger partial charge in [-0.25, -0.2) is 0 Å². The van der Waals surface area contributed by atoms with Crippen molar-refractivity contribution in [1.29, 1.82) is 0 Å². The number of hydrogen-bond donors (Lipinski definition) is 3. The molecule has 3 N–H and O–H groups in total. The van der Waals surface area contributed by atoms with Crippen LogP contribution in [-0.2, 0) is 22.6 Å². The Morgan fingerprint density at radius 3 is 2.24 bits per heavy atom. The zero-order chi connectivity index (χ0) is 28.7. The minimum Gasteiger partial charge on any atom is -0.457 e. The van der Waals surface area contributed by atoms with Crippen LogP contribution in [0.3, 0.4) is 0 Å². The van der Waals surface area contributed by atoms with Gasteiger partial charge in [-0.15, -0.1) is 0 Å². The monoisotopic (exact) mass is 562 g/mol. The van der Waals surface area contributed by atoms with E-state index in [1.165, 1.54) is 0 Å². The van der Waals surface area contributed by atoms with E-state index in [2.05, 4.69) is 40.2 Å². The highest BCUT2D eigenvalue weighted by atomic mass is 16.5. The molecule has 7 nitrogen and oxygen atoms in total. The van der Waals surface area contributed by atoms with E-state index in [-0.39, 0.29) is 11.8 Å². The molecule has 7 heteroatoms. The van der Waals surface area contributed by atoms with E-state index in [0.29, 0.717) is 25.4 Å². The van der Waals surface area contributed by atoms with Gasteiger partial charge >= 0.3 is 0 Å². The highest BCUT2D eigenvalue weighted by molar-refractivity contribution is 5.97. The standard InChI is InChI=1S/C35H38N4O3/c40-34-33(23-37-22-25-16-18-36-19-17-25)39(24-26-11-14-31(15-12-26)42-30-8-2-1-3-9-30)35(41)32(38-34)21-27-10-13-28-6-4-5-7-29(28)20-27/h1-15,20,25,32-33,36-37H,16-19,21-24H2,(H,38,40)/t32-,33-/m0/s1. The van der Waals surface area contributed by atoms with Gasteiger partial charge < -0.3 is 25.6 Å². The van der Waals surface area contributed by atoms with Gasteiger partial charge in [0.15, 0.2) is 0 Å². The minimum absolute atomic E-state index is 0.0546. The Morgan fingerprint density at radius 1 is 0.762 bits per heavy atom. The van der Waals surface area contributed by atoms with Crippen molar-refractivity contribution in [3.05, 3.63) is 108 Å². The molecule has 0 spiro atoms. The predicted molar refractivity (Wildman–Crippen MR) is 165 cm³/mol. The smallest absolute Gasteiger partial charge is 0.246 e. The third-order valence-corrected chi connectivity index (χ3v) is 8.31. The molecule has 0 aromatic heterocycles. The van der Waals surface area contributed by atoms with Gasteiger partial charge in [-0.2, -0.15) is 0 Å². The van der Waals surface area contributed by atoms with Gasteiger partial charge in [0.1, 0.15) is 23.6 Å². The van der Waals surface area contributed by atoms with Crippen molar-refractivity contribution >= 4 is 22.6 Å². The Balaban J connectivity index is 1.18. The zero-order valence-corrected chi connectivity index (χ0v) is 23.8. The van der Waals surface area contributed by atoms with Crippen molar-refractivity contribution in [3.8, 4) is 11.5 Å². The van der Waals surface area contributed by atoms with Crippen molar-refractivity contribution in [2.45, 2.75) is 37.9 Å². The van der Waals surface area contributed by atoms with Crippen molar-refractivity contribution < 1.29 is 14.3 Å². The second-order valence-electron chi connectivity index (χ2n) is 11.3. The molecule has 2 aliphatic rings. The number of fused-ring (bicyclic) bond motifs is 1. The normalized spacial score (nSPS) is 19.6. The lowest BCUT2D eigenvalue weighted by molar-refractivity contribution is -0.149. The number of carbonyl (C=O) groups excluding carboxylic acids is 2. The van der Waals surface area contributed by atoms with Crippen LogP contribution < -0.4 is 20.7 Å². The summed E-state index contributed by atoms with van der Waals surface area (Å²) in [6.07, 6.45) is 2.69. The fourth-order valence-electron chi connectivity index (χ4n) is 5.95. The molecule has 0 saturated carbocycles. The molecule has 2 fully saturated rings. The summed E-state index contributed by atoms with van der Waals surface area (Å²) in [6.45, 7) is 3.69. The lowest BCUT2D eigenvalue weighted by Crippen LogP contribution is -2.65. The maximum Gasteiger partial charge on any atom is 0.246 e. The molecule has 6 rings (SSSR count). The zero-order valence-electron chi connectivity index (χ0n) is 23.8. The number of carbonyl (C=O) groups is 2. The number of amides is 2. The molecule has 2 heterocycles. The van der Waals surface area contributed by atoms with Crippen molar-refractivity contribution in [3.63, 3.8) is 0 Å².